The fourth-order valence-corrected chi connectivity index (χ4v) is 3.14. The molecule has 0 radical (unpaired) electrons. The molecular formula is C12H9Cl2FN2O2S. The number of anilines is 2. The van der Waals surface area contributed by atoms with E-state index in [-0.39, 0.29) is 10.6 Å². The molecule has 2 aromatic rings. The zero-order chi connectivity index (χ0) is 15.1. The van der Waals surface area contributed by atoms with E-state index in [1.807, 2.05) is 0 Å². The van der Waals surface area contributed by atoms with Gasteiger partial charge in [-0.05, 0) is 23.8 Å². The van der Waals surface area contributed by atoms with Crippen LogP contribution in [0.15, 0.2) is 35.2 Å². The van der Waals surface area contributed by atoms with Crippen molar-refractivity contribution in [2.75, 3.05) is 11.5 Å². The molecule has 4 N–H and O–H groups in total. The quantitative estimate of drug-likeness (QED) is 0.652. The summed E-state index contributed by atoms with van der Waals surface area (Å²) >= 11 is 5.84. The minimum Gasteiger partial charge on any atom is -0.399 e. The van der Waals surface area contributed by atoms with Crippen LogP contribution in [0.1, 0.15) is 0 Å². The Labute approximate surface area is 124 Å². The van der Waals surface area contributed by atoms with Crippen LogP contribution in [-0.2, 0) is 9.05 Å². The van der Waals surface area contributed by atoms with Crippen molar-refractivity contribution < 1.29 is 12.8 Å². The monoisotopic (exact) mass is 334 g/mol. The summed E-state index contributed by atoms with van der Waals surface area (Å²) in [7, 11) is 0.837. The van der Waals surface area contributed by atoms with Gasteiger partial charge in [0.2, 0.25) is 0 Å². The first-order chi connectivity index (χ1) is 9.21. The van der Waals surface area contributed by atoms with E-state index in [0.29, 0.717) is 11.3 Å². The van der Waals surface area contributed by atoms with E-state index in [0.717, 1.165) is 0 Å². The van der Waals surface area contributed by atoms with Gasteiger partial charge in [-0.1, -0.05) is 23.7 Å². The van der Waals surface area contributed by atoms with Gasteiger partial charge >= 0.3 is 0 Å². The number of hydrogen-bond donors (Lipinski definition) is 2. The Bertz CT molecular complexity index is 777. The van der Waals surface area contributed by atoms with E-state index in [2.05, 4.69) is 0 Å². The molecule has 0 aliphatic carbocycles. The smallest absolute Gasteiger partial charge is 0.266 e. The predicted molar refractivity (Wildman–Crippen MR) is 78.7 cm³/mol. The molecule has 0 saturated heterocycles. The van der Waals surface area contributed by atoms with Crippen LogP contribution in [0, 0.1) is 5.82 Å². The summed E-state index contributed by atoms with van der Waals surface area (Å²) in [6, 6.07) is 7.40. The molecular weight excluding hydrogens is 326 g/mol. The molecule has 106 valence electrons. The molecule has 0 unspecified atom stereocenters. The average molecular weight is 335 g/mol. The predicted octanol–water partition coefficient (Wildman–Crippen LogP) is 3.24. The second-order valence-electron chi connectivity index (χ2n) is 4.02. The Balaban J connectivity index is 2.80. The molecule has 0 amide bonds. The fourth-order valence-electron chi connectivity index (χ4n) is 1.73. The summed E-state index contributed by atoms with van der Waals surface area (Å²) in [6.45, 7) is 0. The minimum absolute atomic E-state index is 0.0246. The topological polar surface area (TPSA) is 86.2 Å². The normalized spacial score (nSPS) is 11.6. The Morgan fingerprint density at radius 2 is 1.65 bits per heavy atom. The number of rotatable bonds is 2. The Hall–Kier alpha value is -1.50. The summed E-state index contributed by atoms with van der Waals surface area (Å²) < 4.78 is 37.2. The van der Waals surface area contributed by atoms with E-state index in [4.69, 9.17) is 33.8 Å². The molecule has 2 aromatic carbocycles. The van der Waals surface area contributed by atoms with Crippen molar-refractivity contribution in [1.82, 2.24) is 0 Å². The maximum atomic E-state index is 14.4. The third kappa shape index (κ3) is 2.67. The maximum Gasteiger partial charge on any atom is 0.266 e. The lowest BCUT2D eigenvalue weighted by Crippen LogP contribution is -2.04. The summed E-state index contributed by atoms with van der Waals surface area (Å²) in [5.74, 6) is -1.05. The Morgan fingerprint density at radius 3 is 2.15 bits per heavy atom. The first kappa shape index (κ1) is 14.9. The van der Waals surface area contributed by atoms with Crippen molar-refractivity contribution >= 4 is 42.7 Å². The lowest BCUT2D eigenvalue weighted by molar-refractivity contribution is 0.579. The first-order valence-corrected chi connectivity index (χ1v) is 7.98. The third-order valence-electron chi connectivity index (χ3n) is 2.67. The van der Waals surface area contributed by atoms with Gasteiger partial charge in [-0.2, -0.15) is 0 Å². The van der Waals surface area contributed by atoms with Crippen molar-refractivity contribution in [2.24, 2.45) is 0 Å². The van der Waals surface area contributed by atoms with Crippen LogP contribution in [-0.4, -0.2) is 8.42 Å². The molecule has 0 saturated carbocycles. The molecule has 20 heavy (non-hydrogen) atoms. The van der Waals surface area contributed by atoms with Gasteiger partial charge in [0.05, 0.1) is 10.7 Å². The number of benzene rings is 2. The van der Waals surface area contributed by atoms with Gasteiger partial charge in [0.15, 0.2) is 5.82 Å². The van der Waals surface area contributed by atoms with Gasteiger partial charge in [0.1, 0.15) is 4.90 Å². The van der Waals surface area contributed by atoms with Crippen molar-refractivity contribution in [3.63, 3.8) is 0 Å². The first-order valence-electron chi connectivity index (χ1n) is 5.30. The Kier molecular flexibility index (Phi) is 3.82. The van der Waals surface area contributed by atoms with Crippen molar-refractivity contribution in [3.8, 4) is 11.1 Å². The fraction of sp³-hybridized carbons (Fsp3) is 0. The minimum atomic E-state index is -4.36. The molecule has 0 aliphatic heterocycles. The number of hydrogen-bond acceptors (Lipinski definition) is 4. The van der Waals surface area contributed by atoms with Crippen LogP contribution in [0.25, 0.3) is 11.1 Å². The highest BCUT2D eigenvalue weighted by atomic mass is 35.7. The molecule has 8 heteroatoms. The molecule has 0 aromatic heterocycles. The van der Waals surface area contributed by atoms with Crippen molar-refractivity contribution in [2.45, 2.75) is 4.90 Å². The van der Waals surface area contributed by atoms with Gasteiger partial charge < -0.3 is 11.5 Å². The highest BCUT2D eigenvalue weighted by molar-refractivity contribution is 8.13. The SMILES string of the molecule is Nc1ccc(-c2cc(Cl)c(N)c(S(=O)(=O)Cl)c2F)cc1. The zero-order valence-electron chi connectivity index (χ0n) is 9.90. The van der Waals surface area contributed by atoms with Crippen LogP contribution >= 0.6 is 22.3 Å². The highest BCUT2D eigenvalue weighted by Crippen LogP contribution is 2.38. The van der Waals surface area contributed by atoms with E-state index in [1.165, 1.54) is 18.2 Å². The number of nitrogen functional groups attached to an aromatic ring is 2. The van der Waals surface area contributed by atoms with E-state index in [1.54, 1.807) is 12.1 Å². The van der Waals surface area contributed by atoms with Gasteiger partial charge in [0.25, 0.3) is 9.05 Å². The van der Waals surface area contributed by atoms with Gasteiger partial charge in [-0.3, -0.25) is 0 Å². The molecule has 0 atom stereocenters. The molecule has 0 heterocycles. The Morgan fingerprint density at radius 1 is 1.10 bits per heavy atom. The molecule has 0 bridgehead atoms. The van der Waals surface area contributed by atoms with Crippen LogP contribution < -0.4 is 11.5 Å². The third-order valence-corrected chi connectivity index (χ3v) is 4.34. The second-order valence-corrected chi connectivity index (χ2v) is 6.93. The second kappa shape index (κ2) is 5.12. The van der Waals surface area contributed by atoms with Crippen LogP contribution in [0.5, 0.6) is 0 Å². The van der Waals surface area contributed by atoms with E-state index >= 15 is 0 Å². The zero-order valence-corrected chi connectivity index (χ0v) is 12.2. The molecule has 0 fully saturated rings. The maximum absolute atomic E-state index is 14.4. The summed E-state index contributed by atoms with van der Waals surface area (Å²) in [5, 5.41) is -0.0996. The lowest BCUT2D eigenvalue weighted by atomic mass is 10.0. The van der Waals surface area contributed by atoms with Gasteiger partial charge in [-0.25, -0.2) is 12.8 Å². The van der Waals surface area contributed by atoms with E-state index in [9.17, 15) is 12.8 Å². The van der Waals surface area contributed by atoms with Crippen molar-refractivity contribution in [1.29, 1.82) is 0 Å². The molecule has 4 nitrogen and oxygen atoms in total. The number of nitrogens with two attached hydrogens (primary N) is 2. The summed E-state index contributed by atoms with van der Waals surface area (Å²) in [4.78, 5) is -0.821. The van der Waals surface area contributed by atoms with Gasteiger partial charge in [-0.15, -0.1) is 0 Å². The largest absolute Gasteiger partial charge is 0.399 e. The van der Waals surface area contributed by atoms with Crippen LogP contribution in [0.3, 0.4) is 0 Å². The summed E-state index contributed by atoms with van der Waals surface area (Å²) in [5.41, 5.74) is 11.5. The van der Waals surface area contributed by atoms with Crippen LogP contribution in [0.2, 0.25) is 5.02 Å². The lowest BCUT2D eigenvalue weighted by Gasteiger charge is -2.11. The van der Waals surface area contributed by atoms with Gasteiger partial charge in [0, 0.05) is 21.9 Å². The van der Waals surface area contributed by atoms with Crippen molar-refractivity contribution in [3.05, 3.63) is 41.2 Å². The summed E-state index contributed by atoms with van der Waals surface area (Å²) in [6.07, 6.45) is 0. The van der Waals surface area contributed by atoms with Crippen LogP contribution in [0.4, 0.5) is 15.8 Å². The molecule has 0 aliphatic rings. The standard InChI is InChI=1S/C12H9Cl2FN2O2S/c13-9-5-8(6-1-3-7(16)4-2-6)10(15)12(11(9)17)20(14,18)19/h1-5H,16-17H2. The molecule has 2 rings (SSSR count). The number of halogens is 3. The molecule has 0 spiro atoms. The van der Waals surface area contributed by atoms with E-state index < -0.39 is 25.5 Å². The highest BCUT2D eigenvalue weighted by Gasteiger charge is 2.25. The average Bonchev–Trinajstić information content (AvgIpc) is 2.33.